The third-order valence-corrected chi connectivity index (χ3v) is 2.67. The highest BCUT2D eigenvalue weighted by Crippen LogP contribution is 2.17. The number of hydrogen-bond donors (Lipinski definition) is 1. The van der Waals surface area contributed by atoms with Crippen LogP contribution in [0.3, 0.4) is 0 Å². The maximum absolute atomic E-state index is 12.0. The van der Waals surface area contributed by atoms with Crippen molar-refractivity contribution in [3.8, 4) is 0 Å². The molecule has 0 heterocycles. The highest BCUT2D eigenvalue weighted by molar-refractivity contribution is 5.94. The van der Waals surface area contributed by atoms with Crippen molar-refractivity contribution in [1.82, 2.24) is 5.32 Å². The fraction of sp³-hybridized carbons (Fsp3) is 0.467. The van der Waals surface area contributed by atoms with Gasteiger partial charge in [-0.1, -0.05) is 17.7 Å². The van der Waals surface area contributed by atoms with Crippen LogP contribution in [0.25, 0.3) is 0 Å². The molecule has 0 atom stereocenters. The van der Waals surface area contributed by atoms with Crippen molar-refractivity contribution in [2.45, 2.75) is 40.7 Å². The zero-order chi connectivity index (χ0) is 14.6. The predicted molar refractivity (Wildman–Crippen MR) is 74.2 cm³/mol. The zero-order valence-electron chi connectivity index (χ0n) is 12.2. The Morgan fingerprint density at radius 1 is 1.16 bits per heavy atom. The van der Waals surface area contributed by atoms with Gasteiger partial charge in [-0.3, -0.25) is 4.79 Å². The van der Waals surface area contributed by atoms with Gasteiger partial charge in [-0.05, 0) is 45.7 Å². The lowest BCUT2D eigenvalue weighted by molar-refractivity contribution is -0.124. The van der Waals surface area contributed by atoms with Gasteiger partial charge in [-0.15, -0.1) is 0 Å². The van der Waals surface area contributed by atoms with Gasteiger partial charge in [0.1, 0.15) is 0 Å². The van der Waals surface area contributed by atoms with Crippen LogP contribution in [0.1, 0.15) is 40.9 Å². The van der Waals surface area contributed by atoms with Crippen LogP contribution in [0.15, 0.2) is 12.1 Å². The van der Waals surface area contributed by atoms with Crippen molar-refractivity contribution in [3.63, 3.8) is 0 Å². The lowest BCUT2D eigenvalue weighted by atomic mass is 10.00. The summed E-state index contributed by atoms with van der Waals surface area (Å²) in [5, 5.41) is 2.67. The number of hydrogen-bond acceptors (Lipinski definition) is 3. The highest BCUT2D eigenvalue weighted by Gasteiger charge is 2.15. The summed E-state index contributed by atoms with van der Waals surface area (Å²) in [7, 11) is 0. The van der Waals surface area contributed by atoms with Crippen LogP contribution in [0.2, 0.25) is 0 Å². The number of aryl methyl sites for hydroxylation is 3. The summed E-state index contributed by atoms with van der Waals surface area (Å²) < 4.78 is 5.04. The molecule has 0 aliphatic rings. The first kappa shape index (κ1) is 15.2. The Morgan fingerprint density at radius 2 is 1.68 bits per heavy atom. The molecule has 1 N–H and O–H groups in total. The molecule has 0 aliphatic carbocycles. The van der Waals surface area contributed by atoms with Crippen molar-refractivity contribution >= 4 is 11.9 Å². The standard InChI is InChI=1S/C15H21NO3/c1-9(2)16-13(17)8-19-15(18)14-11(4)6-10(3)7-12(14)5/h6-7,9H,8H2,1-5H3,(H,16,17). The number of rotatable bonds is 4. The summed E-state index contributed by atoms with van der Waals surface area (Å²) in [6, 6.07) is 3.89. The largest absolute Gasteiger partial charge is 0.452 e. The van der Waals surface area contributed by atoms with Gasteiger partial charge in [0, 0.05) is 6.04 Å². The highest BCUT2D eigenvalue weighted by atomic mass is 16.5. The van der Waals surface area contributed by atoms with E-state index in [1.54, 1.807) is 0 Å². The Balaban J connectivity index is 2.72. The van der Waals surface area contributed by atoms with Gasteiger partial charge >= 0.3 is 5.97 Å². The lowest BCUT2D eigenvalue weighted by Gasteiger charge is -2.12. The van der Waals surface area contributed by atoms with Crippen molar-refractivity contribution in [2.75, 3.05) is 6.61 Å². The topological polar surface area (TPSA) is 55.4 Å². The third kappa shape index (κ3) is 4.39. The van der Waals surface area contributed by atoms with E-state index in [2.05, 4.69) is 5.32 Å². The molecule has 19 heavy (non-hydrogen) atoms. The Labute approximate surface area is 114 Å². The van der Waals surface area contributed by atoms with E-state index in [1.807, 2.05) is 46.8 Å². The van der Waals surface area contributed by atoms with Gasteiger partial charge in [0.2, 0.25) is 0 Å². The molecule has 0 fully saturated rings. The molecule has 0 aliphatic heterocycles. The van der Waals surface area contributed by atoms with Crippen LogP contribution in [0, 0.1) is 20.8 Å². The Kier molecular flexibility index (Phi) is 5.10. The van der Waals surface area contributed by atoms with Crippen molar-refractivity contribution < 1.29 is 14.3 Å². The van der Waals surface area contributed by atoms with Crippen molar-refractivity contribution in [3.05, 3.63) is 34.4 Å². The molecule has 4 heteroatoms. The Bertz CT molecular complexity index is 469. The van der Waals surface area contributed by atoms with E-state index in [4.69, 9.17) is 4.74 Å². The number of carbonyl (C=O) groups is 2. The molecule has 1 aromatic rings. The summed E-state index contributed by atoms with van der Waals surface area (Å²) in [6.07, 6.45) is 0. The van der Waals surface area contributed by atoms with Gasteiger partial charge in [-0.25, -0.2) is 4.79 Å². The monoisotopic (exact) mass is 263 g/mol. The van der Waals surface area contributed by atoms with E-state index in [-0.39, 0.29) is 18.6 Å². The molecule has 0 unspecified atom stereocenters. The minimum atomic E-state index is -0.450. The van der Waals surface area contributed by atoms with E-state index in [9.17, 15) is 9.59 Å². The molecule has 0 saturated carbocycles. The number of benzene rings is 1. The fourth-order valence-electron chi connectivity index (χ4n) is 2.07. The van der Waals surface area contributed by atoms with E-state index in [0.717, 1.165) is 16.7 Å². The van der Waals surface area contributed by atoms with Gasteiger partial charge in [0.15, 0.2) is 6.61 Å². The molecule has 0 aromatic heterocycles. The van der Waals surface area contributed by atoms with Crippen LogP contribution in [0.5, 0.6) is 0 Å². The maximum Gasteiger partial charge on any atom is 0.339 e. The second-order valence-corrected chi connectivity index (χ2v) is 5.07. The number of ether oxygens (including phenoxy) is 1. The Morgan fingerprint density at radius 3 is 2.16 bits per heavy atom. The lowest BCUT2D eigenvalue weighted by Crippen LogP contribution is -2.34. The Hall–Kier alpha value is -1.84. The molecule has 4 nitrogen and oxygen atoms in total. The average molecular weight is 263 g/mol. The second-order valence-electron chi connectivity index (χ2n) is 5.07. The van der Waals surface area contributed by atoms with E-state index < -0.39 is 5.97 Å². The molecule has 1 rings (SSSR count). The molecule has 1 amide bonds. The number of carbonyl (C=O) groups excluding carboxylic acids is 2. The molecule has 0 spiro atoms. The van der Waals surface area contributed by atoms with Crippen molar-refractivity contribution in [1.29, 1.82) is 0 Å². The van der Waals surface area contributed by atoms with Gasteiger partial charge in [-0.2, -0.15) is 0 Å². The fourth-order valence-corrected chi connectivity index (χ4v) is 2.07. The second kappa shape index (κ2) is 6.36. The van der Waals surface area contributed by atoms with Crippen LogP contribution in [-0.2, 0) is 9.53 Å². The van der Waals surface area contributed by atoms with E-state index in [0.29, 0.717) is 5.56 Å². The number of esters is 1. The molecular formula is C15H21NO3. The first-order valence-corrected chi connectivity index (χ1v) is 6.35. The van der Waals surface area contributed by atoms with Gasteiger partial charge in [0.05, 0.1) is 5.56 Å². The molecule has 104 valence electrons. The molecule has 0 saturated heterocycles. The minimum Gasteiger partial charge on any atom is -0.452 e. The number of amides is 1. The number of nitrogens with one attached hydrogen (secondary N) is 1. The molecular weight excluding hydrogens is 242 g/mol. The first-order chi connectivity index (χ1) is 8.81. The van der Waals surface area contributed by atoms with Crippen LogP contribution >= 0.6 is 0 Å². The zero-order valence-corrected chi connectivity index (χ0v) is 12.2. The quantitative estimate of drug-likeness (QED) is 0.848. The summed E-state index contributed by atoms with van der Waals surface area (Å²) >= 11 is 0. The summed E-state index contributed by atoms with van der Waals surface area (Å²) in [6.45, 7) is 9.17. The first-order valence-electron chi connectivity index (χ1n) is 6.35. The van der Waals surface area contributed by atoms with E-state index >= 15 is 0 Å². The average Bonchev–Trinajstić information content (AvgIpc) is 2.23. The van der Waals surface area contributed by atoms with Gasteiger partial charge in [0.25, 0.3) is 5.91 Å². The summed E-state index contributed by atoms with van der Waals surface area (Å²) in [4.78, 5) is 23.4. The smallest absolute Gasteiger partial charge is 0.339 e. The third-order valence-electron chi connectivity index (χ3n) is 2.67. The summed E-state index contributed by atoms with van der Waals surface area (Å²) in [5.74, 6) is -0.736. The van der Waals surface area contributed by atoms with Gasteiger partial charge < -0.3 is 10.1 Å². The van der Waals surface area contributed by atoms with Crippen molar-refractivity contribution in [2.24, 2.45) is 0 Å². The molecule has 0 bridgehead atoms. The SMILES string of the molecule is Cc1cc(C)c(C(=O)OCC(=O)NC(C)C)c(C)c1. The molecule has 0 radical (unpaired) electrons. The normalized spacial score (nSPS) is 10.4. The van der Waals surface area contributed by atoms with E-state index in [1.165, 1.54) is 0 Å². The minimum absolute atomic E-state index is 0.0362. The van der Waals surface area contributed by atoms with Crippen LogP contribution in [0.4, 0.5) is 0 Å². The van der Waals surface area contributed by atoms with Crippen LogP contribution < -0.4 is 5.32 Å². The maximum atomic E-state index is 12.0. The molecule has 1 aromatic carbocycles. The van der Waals surface area contributed by atoms with Crippen LogP contribution in [-0.4, -0.2) is 24.5 Å². The summed E-state index contributed by atoms with van der Waals surface area (Å²) in [5.41, 5.74) is 3.38. The predicted octanol–water partition coefficient (Wildman–Crippen LogP) is 2.29.